The number of aromatic amines is 2. The van der Waals surface area contributed by atoms with Gasteiger partial charge in [0.15, 0.2) is 0 Å². The molecule has 1 aliphatic carbocycles. The molecule has 2 heterocycles. The quantitative estimate of drug-likeness (QED) is 0.848. The molecule has 3 rings (SSSR count). The van der Waals surface area contributed by atoms with E-state index in [9.17, 15) is 14.4 Å². The molecule has 2 N–H and O–H groups in total. The molecule has 21 heavy (non-hydrogen) atoms. The third-order valence-corrected chi connectivity index (χ3v) is 4.24. The maximum absolute atomic E-state index is 12.1. The largest absolute Gasteiger partial charge is 0.446 e. The van der Waals surface area contributed by atoms with Gasteiger partial charge in [-0.3, -0.25) is 9.78 Å². The molecule has 1 saturated heterocycles. The first-order valence-corrected chi connectivity index (χ1v) is 7.41. The predicted molar refractivity (Wildman–Crippen MR) is 75.4 cm³/mol. The molecule has 1 aromatic heterocycles. The van der Waals surface area contributed by atoms with Crippen LogP contribution < -0.4 is 11.2 Å². The number of nitrogens with one attached hydrogen (secondary N) is 2. The van der Waals surface area contributed by atoms with Crippen molar-refractivity contribution in [2.24, 2.45) is 0 Å². The second-order valence-corrected chi connectivity index (χ2v) is 5.76. The van der Waals surface area contributed by atoms with Crippen LogP contribution in [0.3, 0.4) is 0 Å². The summed E-state index contributed by atoms with van der Waals surface area (Å²) in [5.74, 6) is -0.0175. The van der Waals surface area contributed by atoms with Gasteiger partial charge in [-0.25, -0.2) is 9.59 Å². The maximum atomic E-state index is 12.1. The number of carbonyl (C=O) groups excluding carboxylic acids is 1. The zero-order valence-corrected chi connectivity index (χ0v) is 11.8. The second kappa shape index (κ2) is 5.75. The average Bonchev–Trinajstić information content (AvgIpc) is 3.08. The van der Waals surface area contributed by atoms with Gasteiger partial charge in [0.25, 0.3) is 5.56 Å². The minimum absolute atomic E-state index is 0.0175. The van der Waals surface area contributed by atoms with Gasteiger partial charge in [-0.1, -0.05) is 0 Å². The van der Waals surface area contributed by atoms with Gasteiger partial charge in [-0.05, 0) is 32.1 Å². The second-order valence-electron chi connectivity index (χ2n) is 5.76. The maximum Gasteiger partial charge on any atom is 0.410 e. The molecule has 7 nitrogen and oxygen atoms in total. The molecule has 114 valence electrons. The summed E-state index contributed by atoms with van der Waals surface area (Å²) >= 11 is 0. The van der Waals surface area contributed by atoms with Crippen molar-refractivity contribution in [2.45, 2.75) is 44.1 Å². The average molecular weight is 293 g/mol. The summed E-state index contributed by atoms with van der Waals surface area (Å²) in [6.45, 7) is 1.07. The van der Waals surface area contributed by atoms with Gasteiger partial charge in [-0.15, -0.1) is 0 Å². The Morgan fingerprint density at radius 1 is 1.19 bits per heavy atom. The van der Waals surface area contributed by atoms with E-state index in [1.165, 1.54) is 6.07 Å². The third-order valence-electron chi connectivity index (χ3n) is 4.24. The number of H-pyrrole nitrogens is 2. The molecule has 2 aliphatic rings. The lowest BCUT2D eigenvalue weighted by atomic mass is 10.1. The number of hydrogen-bond acceptors (Lipinski definition) is 4. The molecule has 0 aromatic carbocycles. The number of aromatic nitrogens is 2. The van der Waals surface area contributed by atoms with Gasteiger partial charge in [0.2, 0.25) is 0 Å². The van der Waals surface area contributed by atoms with Crippen molar-refractivity contribution in [1.82, 2.24) is 14.9 Å². The van der Waals surface area contributed by atoms with Crippen LogP contribution in [-0.4, -0.2) is 40.2 Å². The molecule has 1 amide bonds. The minimum atomic E-state index is -0.510. The van der Waals surface area contributed by atoms with E-state index in [1.807, 2.05) is 0 Å². The first-order valence-electron chi connectivity index (χ1n) is 7.41. The van der Waals surface area contributed by atoms with Gasteiger partial charge < -0.3 is 14.6 Å². The Morgan fingerprint density at radius 3 is 2.67 bits per heavy atom. The van der Waals surface area contributed by atoms with Gasteiger partial charge in [0.1, 0.15) is 6.10 Å². The fourth-order valence-electron chi connectivity index (χ4n) is 3.11. The van der Waals surface area contributed by atoms with Crippen molar-refractivity contribution < 1.29 is 9.53 Å². The van der Waals surface area contributed by atoms with Crippen LogP contribution in [0.25, 0.3) is 0 Å². The topological polar surface area (TPSA) is 95.3 Å². The van der Waals surface area contributed by atoms with Crippen LogP contribution >= 0.6 is 0 Å². The molecule has 1 aromatic rings. The van der Waals surface area contributed by atoms with Crippen LogP contribution in [-0.2, 0) is 4.74 Å². The Balaban J connectivity index is 1.63. The zero-order chi connectivity index (χ0) is 14.8. The van der Waals surface area contributed by atoms with Crippen molar-refractivity contribution >= 4 is 6.09 Å². The Bertz CT molecular complexity index is 601. The number of ether oxygens (including phenoxy) is 1. The number of carbonyl (C=O) groups is 1. The van der Waals surface area contributed by atoms with E-state index in [-0.39, 0.29) is 18.1 Å². The highest BCUT2D eigenvalue weighted by Crippen LogP contribution is 2.27. The molecule has 0 spiro atoms. The van der Waals surface area contributed by atoms with Gasteiger partial charge >= 0.3 is 11.8 Å². The number of hydrogen-bond donors (Lipinski definition) is 2. The summed E-state index contributed by atoms with van der Waals surface area (Å²) in [7, 11) is 0. The molecule has 2 fully saturated rings. The highest BCUT2D eigenvalue weighted by Gasteiger charge is 2.31. The highest BCUT2D eigenvalue weighted by molar-refractivity contribution is 5.68. The Hall–Kier alpha value is -2.05. The van der Waals surface area contributed by atoms with Gasteiger partial charge in [0.05, 0.1) is 0 Å². The summed E-state index contributed by atoms with van der Waals surface area (Å²) in [6.07, 6.45) is 4.63. The summed E-state index contributed by atoms with van der Waals surface area (Å²) in [5, 5.41) is 0. The predicted octanol–water partition coefficient (Wildman–Crippen LogP) is 0.932. The molecule has 7 heteroatoms. The molecule has 1 saturated carbocycles. The van der Waals surface area contributed by atoms with Crippen molar-refractivity contribution in [3.05, 3.63) is 32.6 Å². The summed E-state index contributed by atoms with van der Waals surface area (Å²) in [6, 6.07) is 1.39. The summed E-state index contributed by atoms with van der Waals surface area (Å²) in [4.78, 5) is 41.1. The standard InChI is InChI=1S/C14H19N3O4/c18-12-7-11(15-13(19)16-12)9-5-6-17(8-9)14(20)21-10-3-1-2-4-10/h7,9-10H,1-6,8H2,(H2,15,16,18,19). The molecular weight excluding hydrogens is 274 g/mol. The van der Waals surface area contributed by atoms with E-state index >= 15 is 0 Å². The lowest BCUT2D eigenvalue weighted by Crippen LogP contribution is -2.32. The van der Waals surface area contributed by atoms with E-state index in [0.717, 1.165) is 32.1 Å². The van der Waals surface area contributed by atoms with E-state index in [1.54, 1.807) is 4.90 Å². The zero-order valence-electron chi connectivity index (χ0n) is 11.8. The van der Waals surface area contributed by atoms with Crippen molar-refractivity contribution in [3.63, 3.8) is 0 Å². The number of nitrogens with zero attached hydrogens (tertiary/aromatic N) is 1. The van der Waals surface area contributed by atoms with Crippen LogP contribution in [0, 0.1) is 0 Å². The molecular formula is C14H19N3O4. The van der Waals surface area contributed by atoms with E-state index < -0.39 is 11.2 Å². The Morgan fingerprint density at radius 2 is 1.95 bits per heavy atom. The normalized spacial score (nSPS) is 22.7. The van der Waals surface area contributed by atoms with Crippen LogP contribution in [0.4, 0.5) is 4.79 Å². The summed E-state index contributed by atoms with van der Waals surface area (Å²) < 4.78 is 5.47. The minimum Gasteiger partial charge on any atom is -0.446 e. The van der Waals surface area contributed by atoms with Gasteiger partial charge in [-0.2, -0.15) is 0 Å². The van der Waals surface area contributed by atoms with Crippen LogP contribution in [0.1, 0.15) is 43.7 Å². The van der Waals surface area contributed by atoms with E-state index in [0.29, 0.717) is 18.8 Å². The monoisotopic (exact) mass is 293 g/mol. The fraction of sp³-hybridized carbons (Fsp3) is 0.643. The molecule has 1 atom stereocenters. The van der Waals surface area contributed by atoms with Crippen LogP contribution in [0.5, 0.6) is 0 Å². The Kier molecular flexibility index (Phi) is 3.81. The first kappa shape index (κ1) is 13.9. The molecule has 1 unspecified atom stereocenters. The van der Waals surface area contributed by atoms with Crippen molar-refractivity contribution in [2.75, 3.05) is 13.1 Å². The van der Waals surface area contributed by atoms with E-state index in [4.69, 9.17) is 4.74 Å². The molecule has 0 radical (unpaired) electrons. The van der Waals surface area contributed by atoms with Crippen LogP contribution in [0.15, 0.2) is 15.7 Å². The van der Waals surface area contributed by atoms with Crippen molar-refractivity contribution in [3.8, 4) is 0 Å². The van der Waals surface area contributed by atoms with Gasteiger partial charge in [0, 0.05) is 30.8 Å². The number of amides is 1. The van der Waals surface area contributed by atoms with E-state index in [2.05, 4.69) is 9.97 Å². The van der Waals surface area contributed by atoms with Crippen molar-refractivity contribution in [1.29, 1.82) is 0 Å². The SMILES string of the molecule is O=C(OC1CCCC1)N1CCC(c2cc(=O)[nH]c(=O)[nH]2)C1. The molecule has 1 aliphatic heterocycles. The number of likely N-dealkylation sites (tertiary alicyclic amines) is 1. The highest BCUT2D eigenvalue weighted by atomic mass is 16.6. The number of rotatable bonds is 2. The lowest BCUT2D eigenvalue weighted by Gasteiger charge is -2.19. The summed E-state index contributed by atoms with van der Waals surface area (Å²) in [5.41, 5.74) is -0.342. The lowest BCUT2D eigenvalue weighted by molar-refractivity contribution is 0.0712. The fourth-order valence-corrected chi connectivity index (χ4v) is 3.11. The van der Waals surface area contributed by atoms with Crippen LogP contribution in [0.2, 0.25) is 0 Å². The smallest absolute Gasteiger partial charge is 0.410 e. The third kappa shape index (κ3) is 3.17. The molecule has 0 bridgehead atoms. The first-order chi connectivity index (χ1) is 10.1. The Labute approximate surface area is 121 Å².